The van der Waals surface area contributed by atoms with Crippen LogP contribution in [0.25, 0.3) is 0 Å². The number of imide groups is 1. The van der Waals surface area contributed by atoms with Gasteiger partial charge in [-0.25, -0.2) is 4.79 Å². The molecule has 0 bridgehead atoms. The minimum Gasteiger partial charge on any atom is -0.451 e. The maximum Gasteiger partial charge on any atom is 0.326 e. The molecule has 8 nitrogen and oxygen atoms in total. The van der Waals surface area contributed by atoms with E-state index in [1.54, 1.807) is 12.1 Å². The second-order valence-electron chi connectivity index (χ2n) is 5.59. The molecular formula is C16H17N3O5S. The van der Waals surface area contributed by atoms with Gasteiger partial charge >= 0.3 is 12.0 Å². The first-order chi connectivity index (χ1) is 12.0. The van der Waals surface area contributed by atoms with Crippen LogP contribution in [0.2, 0.25) is 0 Å². The number of thioether (sulfide) groups is 1. The Bertz CT molecular complexity index is 738. The Balaban J connectivity index is 1.63. The van der Waals surface area contributed by atoms with Gasteiger partial charge in [0.15, 0.2) is 6.10 Å². The predicted octanol–water partition coefficient (Wildman–Crippen LogP) is 0.609. The molecule has 0 aliphatic carbocycles. The number of benzene rings is 1. The fourth-order valence-electron chi connectivity index (χ4n) is 2.64. The van der Waals surface area contributed by atoms with Crippen molar-refractivity contribution in [3.05, 3.63) is 24.3 Å². The number of anilines is 1. The van der Waals surface area contributed by atoms with Gasteiger partial charge in [-0.15, -0.1) is 11.8 Å². The van der Waals surface area contributed by atoms with Crippen molar-refractivity contribution in [3.8, 4) is 0 Å². The highest BCUT2D eigenvalue weighted by Gasteiger charge is 2.33. The third kappa shape index (κ3) is 3.60. The second-order valence-corrected chi connectivity index (χ2v) is 6.61. The van der Waals surface area contributed by atoms with E-state index in [0.29, 0.717) is 12.2 Å². The van der Waals surface area contributed by atoms with E-state index in [-0.39, 0.29) is 24.7 Å². The van der Waals surface area contributed by atoms with Gasteiger partial charge in [-0.1, -0.05) is 12.1 Å². The fraction of sp³-hybridized carbons (Fsp3) is 0.375. The maximum absolute atomic E-state index is 12.2. The highest BCUT2D eigenvalue weighted by atomic mass is 32.2. The molecule has 1 aromatic rings. The van der Waals surface area contributed by atoms with Crippen molar-refractivity contribution in [2.24, 2.45) is 0 Å². The molecule has 4 amide bonds. The zero-order valence-corrected chi connectivity index (χ0v) is 14.4. The number of ether oxygens (including phenoxy) is 1. The molecule has 1 fully saturated rings. The van der Waals surface area contributed by atoms with Gasteiger partial charge in [0.05, 0.1) is 11.4 Å². The number of para-hydroxylation sites is 1. The molecule has 1 saturated heterocycles. The van der Waals surface area contributed by atoms with Crippen LogP contribution < -0.4 is 10.2 Å². The summed E-state index contributed by atoms with van der Waals surface area (Å²) in [4.78, 5) is 51.2. The summed E-state index contributed by atoms with van der Waals surface area (Å²) in [5.74, 6) is -1.23. The van der Waals surface area contributed by atoms with Crippen LogP contribution >= 0.6 is 11.8 Å². The number of hydrogen-bond acceptors (Lipinski definition) is 6. The van der Waals surface area contributed by atoms with E-state index in [1.165, 1.54) is 23.6 Å². The number of carbonyl (C=O) groups is 4. The third-order valence-corrected chi connectivity index (χ3v) is 4.92. The molecule has 132 valence electrons. The summed E-state index contributed by atoms with van der Waals surface area (Å²) in [5, 5.41) is 2.51. The Morgan fingerprint density at radius 3 is 2.80 bits per heavy atom. The van der Waals surface area contributed by atoms with E-state index < -0.39 is 24.0 Å². The minimum absolute atomic E-state index is 0.196. The molecule has 25 heavy (non-hydrogen) atoms. The average Bonchev–Trinajstić information content (AvgIpc) is 3.02. The van der Waals surface area contributed by atoms with Crippen molar-refractivity contribution in [1.29, 1.82) is 0 Å². The van der Waals surface area contributed by atoms with Crippen LogP contribution in [-0.4, -0.2) is 60.2 Å². The van der Waals surface area contributed by atoms with Crippen molar-refractivity contribution in [3.63, 3.8) is 0 Å². The number of carbonyl (C=O) groups excluding carboxylic acids is 4. The number of nitrogens with zero attached hydrogens (tertiary/aromatic N) is 2. The lowest BCUT2D eigenvalue weighted by Crippen LogP contribution is -2.44. The van der Waals surface area contributed by atoms with Gasteiger partial charge in [0.25, 0.3) is 5.91 Å². The fourth-order valence-corrected chi connectivity index (χ4v) is 3.58. The van der Waals surface area contributed by atoms with Crippen LogP contribution in [0.1, 0.15) is 6.92 Å². The lowest BCUT2D eigenvalue weighted by Gasteiger charge is -2.28. The van der Waals surface area contributed by atoms with Crippen molar-refractivity contribution in [1.82, 2.24) is 10.2 Å². The van der Waals surface area contributed by atoms with E-state index >= 15 is 0 Å². The van der Waals surface area contributed by atoms with Crippen molar-refractivity contribution in [2.75, 3.05) is 30.3 Å². The summed E-state index contributed by atoms with van der Waals surface area (Å²) >= 11 is 1.41. The molecule has 1 atom stereocenters. The van der Waals surface area contributed by atoms with Gasteiger partial charge in [-0.2, -0.15) is 0 Å². The van der Waals surface area contributed by atoms with Crippen molar-refractivity contribution in [2.45, 2.75) is 17.9 Å². The summed E-state index contributed by atoms with van der Waals surface area (Å²) in [6.07, 6.45) is -1.10. The molecule has 0 aromatic heterocycles. The molecule has 2 aliphatic rings. The topological polar surface area (TPSA) is 96.0 Å². The Morgan fingerprint density at radius 2 is 2.08 bits per heavy atom. The summed E-state index contributed by atoms with van der Waals surface area (Å²) in [5.41, 5.74) is 0.651. The number of esters is 1. The van der Waals surface area contributed by atoms with Crippen molar-refractivity contribution >= 4 is 41.3 Å². The van der Waals surface area contributed by atoms with Gasteiger partial charge in [0.2, 0.25) is 5.91 Å². The number of fused-ring (bicyclic) bond motifs is 1. The molecule has 0 spiro atoms. The van der Waals surface area contributed by atoms with Crippen LogP contribution in [-0.2, 0) is 19.1 Å². The number of urea groups is 1. The lowest BCUT2D eigenvalue weighted by molar-refractivity contribution is -0.156. The third-order valence-electron chi connectivity index (χ3n) is 3.87. The molecule has 0 saturated carbocycles. The van der Waals surface area contributed by atoms with E-state index in [4.69, 9.17) is 4.74 Å². The predicted molar refractivity (Wildman–Crippen MR) is 90.2 cm³/mol. The lowest BCUT2D eigenvalue weighted by atomic mass is 10.2. The summed E-state index contributed by atoms with van der Waals surface area (Å²) in [6.45, 7) is 1.75. The molecular weight excluding hydrogens is 346 g/mol. The first-order valence-corrected chi connectivity index (χ1v) is 8.77. The van der Waals surface area contributed by atoms with Crippen LogP contribution in [0.4, 0.5) is 10.5 Å². The molecule has 2 heterocycles. The normalized spacial score (nSPS) is 17.8. The zero-order chi connectivity index (χ0) is 18.0. The van der Waals surface area contributed by atoms with Gasteiger partial charge in [-0.3, -0.25) is 24.2 Å². The summed E-state index contributed by atoms with van der Waals surface area (Å²) in [7, 11) is 0. The Hall–Kier alpha value is -2.55. The number of rotatable bonds is 4. The zero-order valence-electron chi connectivity index (χ0n) is 13.6. The van der Waals surface area contributed by atoms with Gasteiger partial charge < -0.3 is 10.1 Å². The van der Waals surface area contributed by atoms with E-state index in [2.05, 4.69) is 5.32 Å². The first kappa shape index (κ1) is 17.3. The Labute approximate surface area is 148 Å². The van der Waals surface area contributed by atoms with Crippen LogP contribution in [0.5, 0.6) is 0 Å². The monoisotopic (exact) mass is 363 g/mol. The highest BCUT2D eigenvalue weighted by molar-refractivity contribution is 8.00. The highest BCUT2D eigenvalue weighted by Crippen LogP contribution is 2.34. The number of nitrogens with one attached hydrogen (secondary N) is 1. The van der Waals surface area contributed by atoms with E-state index in [9.17, 15) is 19.2 Å². The number of amides is 4. The first-order valence-electron chi connectivity index (χ1n) is 7.78. The van der Waals surface area contributed by atoms with Crippen LogP contribution in [0, 0.1) is 0 Å². The SMILES string of the molecule is CC(OC(=O)CN1C(=O)CSc2ccccc21)C(=O)N1CCNC1=O. The minimum atomic E-state index is -1.10. The van der Waals surface area contributed by atoms with Crippen LogP contribution in [0.3, 0.4) is 0 Å². The van der Waals surface area contributed by atoms with E-state index in [1.807, 2.05) is 12.1 Å². The molecule has 1 N–H and O–H groups in total. The summed E-state index contributed by atoms with van der Waals surface area (Å²) < 4.78 is 5.13. The smallest absolute Gasteiger partial charge is 0.326 e. The van der Waals surface area contributed by atoms with Gasteiger partial charge in [-0.05, 0) is 19.1 Å². The van der Waals surface area contributed by atoms with Gasteiger partial charge in [0, 0.05) is 18.0 Å². The summed E-state index contributed by atoms with van der Waals surface area (Å²) in [6, 6.07) is 6.79. The molecule has 1 unspecified atom stereocenters. The Morgan fingerprint density at radius 1 is 1.32 bits per heavy atom. The second kappa shape index (κ2) is 7.14. The largest absolute Gasteiger partial charge is 0.451 e. The molecule has 2 aliphatic heterocycles. The molecule has 0 radical (unpaired) electrons. The quantitative estimate of drug-likeness (QED) is 0.788. The molecule has 3 rings (SSSR count). The number of hydrogen-bond donors (Lipinski definition) is 1. The Kier molecular flexibility index (Phi) is 4.93. The molecule has 9 heteroatoms. The van der Waals surface area contributed by atoms with E-state index in [0.717, 1.165) is 9.80 Å². The standard InChI is InChI=1S/C16H17N3O5S/c1-10(15(22)18-7-6-17-16(18)23)24-14(21)8-19-11-4-2-3-5-12(11)25-9-13(19)20/h2-5,10H,6-9H2,1H3,(H,17,23). The maximum atomic E-state index is 12.2. The van der Waals surface area contributed by atoms with Crippen molar-refractivity contribution < 1.29 is 23.9 Å². The average molecular weight is 363 g/mol. The van der Waals surface area contributed by atoms with Crippen LogP contribution in [0.15, 0.2) is 29.2 Å². The molecule has 1 aromatic carbocycles. The van der Waals surface area contributed by atoms with Gasteiger partial charge in [0.1, 0.15) is 6.54 Å².